The van der Waals surface area contributed by atoms with Crippen LogP contribution in [0.25, 0.3) is 0 Å². The molecule has 0 aromatic heterocycles. The Morgan fingerprint density at radius 3 is 2.04 bits per heavy atom. The van der Waals surface area contributed by atoms with Gasteiger partial charge in [0.15, 0.2) is 0 Å². The molecule has 1 N–H and O–H groups in total. The van der Waals surface area contributed by atoms with Crippen LogP contribution < -0.4 is 9.46 Å². The lowest BCUT2D eigenvalue weighted by Gasteiger charge is -2.08. The summed E-state index contributed by atoms with van der Waals surface area (Å²) < 4.78 is 31.2. The number of rotatable bonds is 5. The molecular weight excluding hydrogens is 338 g/mol. The van der Waals surface area contributed by atoms with Crippen molar-refractivity contribution in [2.75, 3.05) is 0 Å². The van der Waals surface area contributed by atoms with Gasteiger partial charge in [-0.2, -0.15) is 0 Å². The molecule has 0 aliphatic heterocycles. The number of carbonyl (C=O) groups is 1. The van der Waals surface area contributed by atoms with Gasteiger partial charge in [0.2, 0.25) is 10.0 Å². The number of benzene rings is 2. The topological polar surface area (TPSA) is 72.5 Å². The predicted octanol–water partition coefficient (Wildman–Crippen LogP) is 3.35. The fourth-order valence-electron chi connectivity index (χ4n) is 1.96. The van der Waals surface area contributed by atoms with Crippen molar-refractivity contribution in [2.24, 2.45) is 0 Å². The number of halogens is 1. The van der Waals surface area contributed by atoms with Gasteiger partial charge in [-0.05, 0) is 61.4 Å². The normalized spacial score (nSPS) is 14.3. The number of carbonyl (C=O) groups excluding carboxylic acids is 1. The Kier molecular flexibility index (Phi) is 4.28. The van der Waals surface area contributed by atoms with Crippen molar-refractivity contribution in [3.8, 4) is 11.5 Å². The minimum absolute atomic E-state index is 0.262. The van der Waals surface area contributed by atoms with E-state index in [4.69, 9.17) is 16.3 Å². The summed E-state index contributed by atoms with van der Waals surface area (Å²) >= 11 is 5.80. The van der Waals surface area contributed by atoms with Crippen molar-refractivity contribution >= 4 is 27.5 Å². The maximum Gasteiger partial charge on any atom is 0.264 e. The van der Waals surface area contributed by atoms with Gasteiger partial charge >= 0.3 is 0 Å². The van der Waals surface area contributed by atoms with Crippen molar-refractivity contribution in [3.05, 3.63) is 59.1 Å². The third-order valence-electron chi connectivity index (χ3n) is 3.36. The van der Waals surface area contributed by atoms with Crippen LogP contribution in [0.15, 0.2) is 48.5 Å². The fraction of sp³-hybridized carbons (Fsp3) is 0.188. The Labute approximate surface area is 139 Å². The lowest BCUT2D eigenvalue weighted by atomic mass is 10.2. The first kappa shape index (κ1) is 15.8. The molecule has 1 saturated carbocycles. The van der Waals surface area contributed by atoms with Gasteiger partial charge in [-0.25, -0.2) is 13.1 Å². The molecule has 23 heavy (non-hydrogen) atoms. The highest BCUT2D eigenvalue weighted by Gasteiger charge is 2.36. The average Bonchev–Trinajstić information content (AvgIpc) is 3.35. The lowest BCUT2D eigenvalue weighted by molar-refractivity contribution is 0.0981. The van der Waals surface area contributed by atoms with E-state index in [-0.39, 0.29) is 5.56 Å². The standard InChI is InChI=1S/C16H14ClNO4S/c17-12-3-7-14(8-4-12)22-13-5-1-11(2-6-13)16(19)18-23(20,21)15-9-10-15/h1-8,15H,9-10H2,(H,18,19). The average molecular weight is 352 g/mol. The van der Waals surface area contributed by atoms with E-state index in [0.717, 1.165) is 0 Å². The van der Waals surface area contributed by atoms with E-state index in [2.05, 4.69) is 4.72 Å². The van der Waals surface area contributed by atoms with Crippen LogP contribution in [0.4, 0.5) is 0 Å². The summed E-state index contributed by atoms with van der Waals surface area (Å²) in [4.78, 5) is 12.0. The Hall–Kier alpha value is -2.05. The second kappa shape index (κ2) is 6.22. The van der Waals surface area contributed by atoms with Crippen LogP contribution in [0, 0.1) is 0 Å². The molecule has 120 valence electrons. The fourth-order valence-corrected chi connectivity index (χ4v) is 3.39. The molecule has 0 bridgehead atoms. The molecule has 0 heterocycles. The summed E-state index contributed by atoms with van der Waals surface area (Å²) in [6.45, 7) is 0. The van der Waals surface area contributed by atoms with Gasteiger partial charge in [0.05, 0.1) is 5.25 Å². The Bertz CT molecular complexity index is 812. The number of hydrogen-bond donors (Lipinski definition) is 1. The Morgan fingerprint density at radius 2 is 1.52 bits per heavy atom. The van der Waals surface area contributed by atoms with Gasteiger partial charge in [0.1, 0.15) is 11.5 Å². The van der Waals surface area contributed by atoms with E-state index in [1.165, 1.54) is 12.1 Å². The monoisotopic (exact) mass is 351 g/mol. The molecule has 0 saturated heterocycles. The maximum atomic E-state index is 12.0. The first-order valence-corrected chi connectivity index (χ1v) is 8.96. The molecule has 3 rings (SSSR count). The molecular formula is C16H14ClNO4S. The molecule has 0 unspecified atom stereocenters. The molecule has 7 heteroatoms. The molecule has 2 aromatic rings. The van der Waals surface area contributed by atoms with Crippen LogP contribution in [0.1, 0.15) is 23.2 Å². The van der Waals surface area contributed by atoms with Crippen LogP contribution >= 0.6 is 11.6 Å². The van der Waals surface area contributed by atoms with E-state index in [1.54, 1.807) is 36.4 Å². The van der Waals surface area contributed by atoms with Crippen LogP contribution in [0.2, 0.25) is 5.02 Å². The smallest absolute Gasteiger partial charge is 0.264 e. The third-order valence-corrected chi connectivity index (χ3v) is 5.43. The number of nitrogens with one attached hydrogen (secondary N) is 1. The van der Waals surface area contributed by atoms with Crippen LogP contribution in [0.3, 0.4) is 0 Å². The van der Waals surface area contributed by atoms with Crippen LogP contribution in [-0.4, -0.2) is 19.6 Å². The third kappa shape index (κ3) is 4.03. The van der Waals surface area contributed by atoms with Crippen molar-refractivity contribution in [1.29, 1.82) is 0 Å². The van der Waals surface area contributed by atoms with E-state index in [9.17, 15) is 13.2 Å². The van der Waals surface area contributed by atoms with Gasteiger partial charge in [0, 0.05) is 10.6 Å². The number of ether oxygens (including phenoxy) is 1. The van der Waals surface area contributed by atoms with E-state index in [0.29, 0.717) is 29.4 Å². The van der Waals surface area contributed by atoms with E-state index in [1.807, 2.05) is 0 Å². The molecule has 0 spiro atoms. The predicted molar refractivity (Wildman–Crippen MR) is 87.4 cm³/mol. The van der Waals surface area contributed by atoms with Gasteiger partial charge in [-0.1, -0.05) is 11.6 Å². The minimum atomic E-state index is -3.54. The highest BCUT2D eigenvalue weighted by Crippen LogP contribution is 2.28. The summed E-state index contributed by atoms with van der Waals surface area (Å²) in [5, 5.41) is 0.181. The highest BCUT2D eigenvalue weighted by molar-refractivity contribution is 7.91. The Balaban J connectivity index is 1.66. The molecule has 2 aromatic carbocycles. The quantitative estimate of drug-likeness (QED) is 0.896. The molecule has 5 nitrogen and oxygen atoms in total. The number of hydrogen-bond acceptors (Lipinski definition) is 4. The second-order valence-corrected chi connectivity index (χ2v) is 7.65. The van der Waals surface area contributed by atoms with Crippen molar-refractivity contribution < 1.29 is 17.9 Å². The molecule has 0 radical (unpaired) electrons. The van der Waals surface area contributed by atoms with Crippen molar-refractivity contribution in [3.63, 3.8) is 0 Å². The number of sulfonamides is 1. The van der Waals surface area contributed by atoms with Gasteiger partial charge < -0.3 is 4.74 Å². The van der Waals surface area contributed by atoms with Gasteiger partial charge in [-0.3, -0.25) is 4.79 Å². The summed E-state index contributed by atoms with van der Waals surface area (Å²) in [6, 6.07) is 13.1. The highest BCUT2D eigenvalue weighted by atomic mass is 35.5. The lowest BCUT2D eigenvalue weighted by Crippen LogP contribution is -2.33. The van der Waals surface area contributed by atoms with E-state index >= 15 is 0 Å². The molecule has 1 fully saturated rings. The number of amides is 1. The second-order valence-electron chi connectivity index (χ2n) is 5.26. The van der Waals surface area contributed by atoms with Crippen LogP contribution in [0.5, 0.6) is 11.5 Å². The summed E-state index contributed by atoms with van der Waals surface area (Å²) in [5.74, 6) is 0.520. The zero-order valence-corrected chi connectivity index (χ0v) is 13.6. The van der Waals surface area contributed by atoms with E-state index < -0.39 is 21.2 Å². The molecule has 1 aliphatic rings. The molecule has 1 aliphatic carbocycles. The SMILES string of the molecule is O=C(NS(=O)(=O)C1CC1)c1ccc(Oc2ccc(Cl)cc2)cc1. The summed E-state index contributed by atoms with van der Waals surface area (Å²) in [6.07, 6.45) is 1.22. The van der Waals surface area contributed by atoms with Crippen molar-refractivity contribution in [1.82, 2.24) is 4.72 Å². The van der Waals surface area contributed by atoms with Gasteiger partial charge in [-0.15, -0.1) is 0 Å². The van der Waals surface area contributed by atoms with Crippen LogP contribution in [-0.2, 0) is 10.0 Å². The molecule has 1 amide bonds. The summed E-state index contributed by atoms with van der Waals surface area (Å²) in [5.41, 5.74) is 0.262. The van der Waals surface area contributed by atoms with Gasteiger partial charge in [0.25, 0.3) is 5.91 Å². The first-order chi connectivity index (χ1) is 10.9. The first-order valence-electron chi connectivity index (χ1n) is 7.03. The Morgan fingerprint density at radius 1 is 1.00 bits per heavy atom. The zero-order valence-electron chi connectivity index (χ0n) is 12.0. The van der Waals surface area contributed by atoms with Crippen molar-refractivity contribution in [2.45, 2.75) is 18.1 Å². The maximum absolute atomic E-state index is 12.0. The largest absolute Gasteiger partial charge is 0.457 e. The minimum Gasteiger partial charge on any atom is -0.457 e. The summed E-state index contributed by atoms with van der Waals surface area (Å²) in [7, 11) is -3.54. The molecule has 0 atom stereocenters. The zero-order chi connectivity index (χ0) is 16.4.